The van der Waals surface area contributed by atoms with Crippen LogP contribution in [0.5, 0.6) is 0 Å². The van der Waals surface area contributed by atoms with Gasteiger partial charge in [0, 0.05) is 17.6 Å². The summed E-state index contributed by atoms with van der Waals surface area (Å²) in [4.78, 5) is 13.0. The first-order valence-corrected chi connectivity index (χ1v) is 5.26. The molecule has 1 fully saturated rings. The van der Waals surface area contributed by atoms with Crippen molar-refractivity contribution in [2.24, 2.45) is 0 Å². The van der Waals surface area contributed by atoms with Gasteiger partial charge in [-0.25, -0.2) is 4.79 Å². The molecule has 15 heavy (non-hydrogen) atoms. The highest BCUT2D eigenvalue weighted by Crippen LogP contribution is 2.24. The Labute approximate surface area is 95.6 Å². The van der Waals surface area contributed by atoms with Crippen LogP contribution in [0.15, 0.2) is 22.7 Å². The summed E-state index contributed by atoms with van der Waals surface area (Å²) in [6.45, 7) is 1.23. The van der Waals surface area contributed by atoms with Crippen molar-refractivity contribution in [1.82, 2.24) is 5.32 Å². The van der Waals surface area contributed by atoms with Crippen LogP contribution in [0.3, 0.4) is 0 Å². The molecule has 0 radical (unpaired) electrons. The van der Waals surface area contributed by atoms with E-state index >= 15 is 0 Å². The Kier molecular flexibility index (Phi) is 2.60. The van der Waals surface area contributed by atoms with Crippen LogP contribution in [0.1, 0.15) is 5.56 Å². The summed E-state index contributed by atoms with van der Waals surface area (Å²) in [6.07, 6.45) is 0. The Morgan fingerprint density at radius 3 is 2.93 bits per heavy atom. The molecule has 1 aromatic carbocycles. The van der Waals surface area contributed by atoms with Gasteiger partial charge in [-0.15, -0.1) is 0 Å². The number of carbonyl (C=O) groups is 1. The third-order valence-electron chi connectivity index (χ3n) is 2.23. The Bertz CT molecular complexity index is 452. The molecule has 76 valence electrons. The van der Waals surface area contributed by atoms with Gasteiger partial charge in [0.15, 0.2) is 0 Å². The van der Waals surface area contributed by atoms with E-state index < -0.39 is 0 Å². The maximum absolute atomic E-state index is 11.4. The summed E-state index contributed by atoms with van der Waals surface area (Å²) in [5, 5.41) is 11.7. The molecular formula is C10H8BrN3O. The first-order chi connectivity index (χ1) is 7.22. The molecule has 5 heteroatoms. The minimum absolute atomic E-state index is 0.145. The van der Waals surface area contributed by atoms with E-state index in [1.165, 1.54) is 0 Å². The number of urea groups is 1. The number of nitriles is 1. The van der Waals surface area contributed by atoms with Crippen LogP contribution in [0.4, 0.5) is 10.5 Å². The lowest BCUT2D eigenvalue weighted by Crippen LogP contribution is -2.28. The molecule has 1 aliphatic rings. The molecule has 0 saturated carbocycles. The summed E-state index contributed by atoms with van der Waals surface area (Å²) in [7, 11) is 0. The van der Waals surface area contributed by atoms with Crippen LogP contribution in [-0.2, 0) is 0 Å². The van der Waals surface area contributed by atoms with E-state index in [1.54, 1.807) is 17.0 Å². The fourth-order valence-corrected chi connectivity index (χ4v) is 1.90. The number of hydrogen-bond acceptors (Lipinski definition) is 2. The second-order valence-electron chi connectivity index (χ2n) is 3.16. The van der Waals surface area contributed by atoms with E-state index in [9.17, 15) is 4.79 Å². The number of benzene rings is 1. The van der Waals surface area contributed by atoms with Crippen LogP contribution in [0, 0.1) is 11.3 Å². The van der Waals surface area contributed by atoms with Gasteiger partial charge in [-0.1, -0.05) is 15.9 Å². The second kappa shape index (κ2) is 3.91. The van der Waals surface area contributed by atoms with Gasteiger partial charge in [0.25, 0.3) is 0 Å². The zero-order valence-electron chi connectivity index (χ0n) is 7.83. The number of halogens is 1. The van der Waals surface area contributed by atoms with Gasteiger partial charge in [-0.05, 0) is 18.2 Å². The Balaban J connectivity index is 2.44. The number of rotatable bonds is 1. The summed E-state index contributed by atoms with van der Waals surface area (Å²) in [5.74, 6) is 0. The van der Waals surface area contributed by atoms with Crippen LogP contribution in [0.25, 0.3) is 0 Å². The first kappa shape index (κ1) is 9.99. The largest absolute Gasteiger partial charge is 0.336 e. The minimum atomic E-state index is -0.145. The van der Waals surface area contributed by atoms with E-state index in [-0.39, 0.29) is 6.03 Å². The first-order valence-electron chi connectivity index (χ1n) is 4.47. The number of carbonyl (C=O) groups excluding carboxylic acids is 1. The highest BCUT2D eigenvalue weighted by atomic mass is 79.9. The topological polar surface area (TPSA) is 56.1 Å². The number of amides is 2. The van der Waals surface area contributed by atoms with Crippen molar-refractivity contribution >= 4 is 27.6 Å². The SMILES string of the molecule is N#Cc1cc(Br)ccc1N1CCNC1=O. The van der Waals surface area contributed by atoms with E-state index in [1.807, 2.05) is 6.07 Å². The standard InChI is InChI=1S/C10H8BrN3O/c11-8-1-2-9(7(5-8)6-12)14-4-3-13-10(14)15/h1-2,5H,3-4H2,(H,13,15). The van der Waals surface area contributed by atoms with Crippen molar-refractivity contribution in [3.05, 3.63) is 28.2 Å². The molecule has 0 unspecified atom stereocenters. The van der Waals surface area contributed by atoms with Gasteiger partial charge >= 0.3 is 6.03 Å². The van der Waals surface area contributed by atoms with Crippen molar-refractivity contribution in [2.45, 2.75) is 0 Å². The molecule has 1 aromatic rings. The predicted molar refractivity (Wildman–Crippen MR) is 59.6 cm³/mol. The zero-order valence-corrected chi connectivity index (χ0v) is 9.41. The molecule has 1 aliphatic heterocycles. The third-order valence-corrected chi connectivity index (χ3v) is 2.72. The Morgan fingerprint density at radius 2 is 2.33 bits per heavy atom. The van der Waals surface area contributed by atoms with E-state index in [0.717, 1.165) is 4.47 Å². The quantitative estimate of drug-likeness (QED) is 0.843. The highest BCUT2D eigenvalue weighted by molar-refractivity contribution is 9.10. The van der Waals surface area contributed by atoms with E-state index in [0.29, 0.717) is 24.3 Å². The molecule has 0 aliphatic carbocycles. The molecule has 1 saturated heterocycles. The lowest BCUT2D eigenvalue weighted by molar-refractivity contribution is 0.252. The molecule has 0 aromatic heterocycles. The summed E-state index contributed by atoms with van der Waals surface area (Å²) < 4.78 is 0.836. The third kappa shape index (κ3) is 1.81. The fourth-order valence-electron chi connectivity index (χ4n) is 1.53. The maximum Gasteiger partial charge on any atom is 0.322 e. The van der Waals surface area contributed by atoms with Crippen molar-refractivity contribution in [3.63, 3.8) is 0 Å². The van der Waals surface area contributed by atoms with Crippen LogP contribution in [0.2, 0.25) is 0 Å². The summed E-state index contributed by atoms with van der Waals surface area (Å²) in [5.41, 5.74) is 1.16. The van der Waals surface area contributed by atoms with Crippen LogP contribution in [-0.4, -0.2) is 19.1 Å². The smallest absolute Gasteiger partial charge is 0.322 e. The summed E-state index contributed by atoms with van der Waals surface area (Å²) in [6, 6.07) is 7.24. The average Bonchev–Trinajstić information content (AvgIpc) is 2.64. The molecule has 0 atom stereocenters. The van der Waals surface area contributed by atoms with Gasteiger partial charge in [0.1, 0.15) is 6.07 Å². The van der Waals surface area contributed by atoms with Crippen LogP contribution < -0.4 is 10.2 Å². The molecule has 2 rings (SSSR count). The van der Waals surface area contributed by atoms with Crippen molar-refractivity contribution < 1.29 is 4.79 Å². The second-order valence-corrected chi connectivity index (χ2v) is 4.07. The number of nitrogens with zero attached hydrogens (tertiary/aromatic N) is 2. The van der Waals surface area contributed by atoms with Gasteiger partial charge < -0.3 is 5.32 Å². The monoisotopic (exact) mass is 265 g/mol. The molecule has 0 bridgehead atoms. The highest BCUT2D eigenvalue weighted by Gasteiger charge is 2.23. The van der Waals surface area contributed by atoms with E-state index in [2.05, 4.69) is 27.3 Å². The predicted octanol–water partition coefficient (Wildman–Crippen LogP) is 1.85. The van der Waals surface area contributed by atoms with Crippen molar-refractivity contribution in [1.29, 1.82) is 5.26 Å². The lowest BCUT2D eigenvalue weighted by Gasteiger charge is -2.15. The molecule has 0 spiro atoms. The summed E-state index contributed by atoms with van der Waals surface area (Å²) >= 11 is 3.29. The molecule has 2 amide bonds. The lowest BCUT2D eigenvalue weighted by atomic mass is 10.2. The van der Waals surface area contributed by atoms with Crippen molar-refractivity contribution in [2.75, 3.05) is 18.0 Å². The zero-order chi connectivity index (χ0) is 10.8. The normalized spacial score (nSPS) is 14.9. The number of hydrogen-bond donors (Lipinski definition) is 1. The molecular weight excluding hydrogens is 258 g/mol. The number of anilines is 1. The van der Waals surface area contributed by atoms with Gasteiger partial charge in [0.05, 0.1) is 11.3 Å². The maximum atomic E-state index is 11.4. The van der Waals surface area contributed by atoms with Gasteiger partial charge in [-0.2, -0.15) is 5.26 Å². The molecule has 1 N–H and O–H groups in total. The van der Waals surface area contributed by atoms with Crippen molar-refractivity contribution in [3.8, 4) is 6.07 Å². The average molecular weight is 266 g/mol. The van der Waals surface area contributed by atoms with Gasteiger partial charge in [0.2, 0.25) is 0 Å². The molecule has 4 nitrogen and oxygen atoms in total. The van der Waals surface area contributed by atoms with E-state index in [4.69, 9.17) is 5.26 Å². The Hall–Kier alpha value is -1.54. The van der Waals surface area contributed by atoms with Crippen LogP contribution >= 0.6 is 15.9 Å². The number of nitrogens with one attached hydrogen (secondary N) is 1. The Morgan fingerprint density at radius 1 is 1.53 bits per heavy atom. The van der Waals surface area contributed by atoms with Gasteiger partial charge in [-0.3, -0.25) is 4.90 Å². The fraction of sp³-hybridized carbons (Fsp3) is 0.200. The molecule has 1 heterocycles. The minimum Gasteiger partial charge on any atom is -0.336 e.